The fourth-order valence-electron chi connectivity index (χ4n) is 3.56. The number of nitrogens with zero attached hydrogens (tertiary/aromatic N) is 5. The normalized spacial score (nSPS) is 17.4. The summed E-state index contributed by atoms with van der Waals surface area (Å²) in [6, 6.07) is 1.04. The number of pyridine rings is 2. The van der Waals surface area contributed by atoms with Gasteiger partial charge in [0.25, 0.3) is 0 Å². The molecule has 0 bridgehead atoms. The molecule has 28 heavy (non-hydrogen) atoms. The molecule has 0 atom stereocenters. The van der Waals surface area contributed by atoms with Crippen LogP contribution in [-0.4, -0.2) is 45.7 Å². The van der Waals surface area contributed by atoms with Crippen molar-refractivity contribution in [1.82, 2.24) is 14.5 Å². The largest absolute Gasteiger partial charge is 0.371 e. The number of rotatable bonds is 3. The van der Waals surface area contributed by atoms with Crippen molar-refractivity contribution < 1.29 is 13.9 Å². The molecule has 2 aliphatic rings. The lowest BCUT2D eigenvalue weighted by molar-refractivity contribution is -0.161. The summed E-state index contributed by atoms with van der Waals surface area (Å²) in [7, 11) is 0. The lowest BCUT2D eigenvalue weighted by Crippen LogP contribution is -2.68. The third kappa shape index (κ3) is 2.39. The number of hydrogen-bond acceptors (Lipinski definition) is 8. The molecule has 1 amide bonds. The first-order chi connectivity index (χ1) is 13.5. The number of thiazole rings is 1. The maximum atomic E-state index is 14.8. The molecule has 5 rings (SSSR count). The van der Waals surface area contributed by atoms with Crippen LogP contribution in [0.25, 0.3) is 16.2 Å². The number of nitroso groups, excluding NO2 is 1. The number of halogens is 1. The van der Waals surface area contributed by atoms with E-state index in [1.807, 2.05) is 0 Å². The molecule has 2 fully saturated rings. The quantitative estimate of drug-likeness (QED) is 0.617. The minimum atomic E-state index is -1.23. The van der Waals surface area contributed by atoms with Crippen LogP contribution in [0.4, 0.5) is 10.2 Å². The molecule has 11 heteroatoms. The molecule has 0 N–H and O–H groups in total. The highest BCUT2D eigenvalue weighted by molar-refractivity contribution is 7.12. The second kappa shape index (κ2) is 5.97. The number of carbonyl (C=O) groups is 1. The van der Waals surface area contributed by atoms with Crippen molar-refractivity contribution in [3.8, 4) is 5.13 Å². The van der Waals surface area contributed by atoms with Crippen molar-refractivity contribution >= 4 is 34.1 Å². The van der Waals surface area contributed by atoms with Gasteiger partial charge in [0.1, 0.15) is 11.2 Å². The van der Waals surface area contributed by atoms with Gasteiger partial charge in [0, 0.05) is 29.4 Å². The smallest absolute Gasteiger partial charge is 0.322 e. The first-order valence-corrected chi connectivity index (χ1v) is 9.32. The summed E-state index contributed by atoms with van der Waals surface area (Å²) in [6.07, 6.45) is 3.64. The van der Waals surface area contributed by atoms with Gasteiger partial charge in [0.2, 0.25) is 5.43 Å². The van der Waals surface area contributed by atoms with Crippen LogP contribution in [0.15, 0.2) is 33.8 Å². The molecule has 1 spiro atoms. The average Bonchev–Trinajstić information content (AvgIpc) is 3.14. The summed E-state index contributed by atoms with van der Waals surface area (Å²) in [4.78, 5) is 45.4. The Balaban J connectivity index is 1.71. The zero-order valence-corrected chi connectivity index (χ0v) is 15.1. The number of amides is 1. The molecule has 142 valence electrons. The Bertz CT molecular complexity index is 1180. The van der Waals surface area contributed by atoms with Crippen molar-refractivity contribution in [2.24, 2.45) is 5.18 Å². The SMILES string of the molecule is O=NC(=O)c1cn(-c2nccs2)c2nc(N3CC4(CCO4)C3)c(F)cc2c1=O. The maximum absolute atomic E-state index is 14.8. The van der Waals surface area contributed by atoms with Crippen molar-refractivity contribution in [1.29, 1.82) is 0 Å². The minimum absolute atomic E-state index is 0.103. The number of aromatic nitrogens is 3. The number of ether oxygens (including phenoxy) is 1. The van der Waals surface area contributed by atoms with Gasteiger partial charge >= 0.3 is 5.91 Å². The standard InChI is InChI=1S/C17H12FN5O4S/c18-11-5-9-12(24)10(15(25)21-26)6-23(16-19-2-4-28-16)13(9)20-14(11)22-7-17(8-22)1-3-27-17/h2,4-6H,1,3,7-8H2. The predicted molar refractivity (Wildman–Crippen MR) is 98.6 cm³/mol. The molecular formula is C17H12FN5O4S. The lowest BCUT2D eigenvalue weighted by Gasteiger charge is -2.55. The van der Waals surface area contributed by atoms with Crippen molar-refractivity contribution in [3.05, 3.63) is 50.4 Å². The monoisotopic (exact) mass is 401 g/mol. The van der Waals surface area contributed by atoms with Crippen LogP contribution in [-0.2, 0) is 4.74 Å². The molecule has 2 saturated heterocycles. The van der Waals surface area contributed by atoms with Crippen LogP contribution in [0, 0.1) is 10.7 Å². The Morgan fingerprint density at radius 1 is 1.39 bits per heavy atom. The molecule has 3 aromatic rings. The van der Waals surface area contributed by atoms with Crippen LogP contribution in [0.3, 0.4) is 0 Å². The maximum Gasteiger partial charge on any atom is 0.322 e. The Morgan fingerprint density at radius 2 is 2.18 bits per heavy atom. The molecule has 0 saturated carbocycles. The molecule has 0 unspecified atom stereocenters. The highest BCUT2D eigenvalue weighted by Gasteiger charge is 2.50. The third-order valence-electron chi connectivity index (χ3n) is 5.08. The van der Waals surface area contributed by atoms with Gasteiger partial charge in [-0.2, -0.15) is 0 Å². The van der Waals surface area contributed by atoms with E-state index in [9.17, 15) is 18.9 Å². The summed E-state index contributed by atoms with van der Waals surface area (Å²) in [5.74, 6) is -1.81. The number of fused-ring (bicyclic) bond motifs is 1. The third-order valence-corrected chi connectivity index (χ3v) is 5.85. The molecule has 3 aromatic heterocycles. The van der Waals surface area contributed by atoms with Crippen molar-refractivity contribution in [2.45, 2.75) is 12.0 Å². The predicted octanol–water partition coefficient (Wildman–Crippen LogP) is 1.87. The van der Waals surface area contributed by atoms with Gasteiger partial charge in [0.05, 0.1) is 25.1 Å². The highest BCUT2D eigenvalue weighted by atomic mass is 32.1. The second-order valence-electron chi connectivity index (χ2n) is 6.76. The molecular weight excluding hydrogens is 389 g/mol. The van der Waals surface area contributed by atoms with E-state index in [-0.39, 0.29) is 22.5 Å². The fourth-order valence-corrected chi connectivity index (χ4v) is 4.18. The van der Waals surface area contributed by atoms with Crippen LogP contribution in [0.5, 0.6) is 0 Å². The number of anilines is 1. The summed E-state index contributed by atoms with van der Waals surface area (Å²) >= 11 is 1.24. The zero-order valence-electron chi connectivity index (χ0n) is 14.3. The first-order valence-electron chi connectivity index (χ1n) is 8.44. The molecule has 5 heterocycles. The Hall–Kier alpha value is -3.05. The molecule has 0 aromatic carbocycles. The minimum Gasteiger partial charge on any atom is -0.371 e. The van der Waals surface area contributed by atoms with Crippen molar-refractivity contribution in [3.63, 3.8) is 0 Å². The molecule has 2 aliphatic heterocycles. The van der Waals surface area contributed by atoms with E-state index in [0.717, 1.165) is 12.5 Å². The van der Waals surface area contributed by atoms with E-state index in [1.54, 1.807) is 16.5 Å². The number of hydrogen-bond donors (Lipinski definition) is 0. The van der Waals surface area contributed by atoms with Gasteiger partial charge in [-0.05, 0) is 6.07 Å². The van der Waals surface area contributed by atoms with Crippen molar-refractivity contribution in [2.75, 3.05) is 24.6 Å². The highest BCUT2D eigenvalue weighted by Crippen LogP contribution is 2.39. The summed E-state index contributed by atoms with van der Waals surface area (Å²) in [5.41, 5.74) is -1.33. The lowest BCUT2D eigenvalue weighted by atomic mass is 9.86. The van der Waals surface area contributed by atoms with Crippen LogP contribution < -0.4 is 10.3 Å². The van der Waals surface area contributed by atoms with Gasteiger partial charge in [-0.15, -0.1) is 16.2 Å². The van der Waals surface area contributed by atoms with Gasteiger partial charge in [-0.25, -0.2) is 14.4 Å². The van der Waals surface area contributed by atoms with Gasteiger partial charge < -0.3 is 9.64 Å². The van der Waals surface area contributed by atoms with E-state index < -0.39 is 22.7 Å². The van der Waals surface area contributed by atoms with E-state index in [1.165, 1.54) is 22.1 Å². The van der Waals surface area contributed by atoms with Crippen LogP contribution >= 0.6 is 11.3 Å². The van der Waals surface area contributed by atoms with E-state index in [0.29, 0.717) is 24.8 Å². The zero-order chi connectivity index (χ0) is 19.5. The fraction of sp³-hybridized carbons (Fsp3) is 0.294. The second-order valence-corrected chi connectivity index (χ2v) is 7.63. The number of carbonyl (C=O) groups excluding carboxylic acids is 1. The summed E-state index contributed by atoms with van der Waals surface area (Å²) < 4.78 is 21.7. The van der Waals surface area contributed by atoms with Crippen LogP contribution in [0.2, 0.25) is 0 Å². The van der Waals surface area contributed by atoms with Gasteiger partial charge in [0.15, 0.2) is 22.4 Å². The van der Waals surface area contributed by atoms with E-state index >= 15 is 0 Å². The molecule has 0 aliphatic carbocycles. The molecule has 0 radical (unpaired) electrons. The van der Waals surface area contributed by atoms with E-state index in [2.05, 4.69) is 15.1 Å². The Labute approximate surface area is 160 Å². The topological polar surface area (TPSA) is 107 Å². The Kier molecular flexibility index (Phi) is 3.64. The average molecular weight is 401 g/mol. The van der Waals surface area contributed by atoms with E-state index in [4.69, 9.17) is 4.74 Å². The van der Waals surface area contributed by atoms with Gasteiger partial charge in [-0.1, -0.05) is 0 Å². The summed E-state index contributed by atoms with van der Waals surface area (Å²) in [5, 5.41) is 4.31. The Morgan fingerprint density at radius 3 is 2.79 bits per heavy atom. The molecule has 9 nitrogen and oxygen atoms in total. The van der Waals surface area contributed by atoms with Crippen LogP contribution in [0.1, 0.15) is 16.8 Å². The summed E-state index contributed by atoms with van der Waals surface area (Å²) in [6.45, 7) is 1.75. The van der Waals surface area contributed by atoms with Gasteiger partial charge in [-0.3, -0.25) is 14.2 Å². The first kappa shape index (κ1) is 17.1.